The molecule has 1 amide bonds. The average molecular weight is 432 g/mol. The molecule has 0 aliphatic carbocycles. The molecular weight excluding hydrogens is 410 g/mol. The van der Waals surface area contributed by atoms with Gasteiger partial charge in [-0.15, -0.1) is 0 Å². The summed E-state index contributed by atoms with van der Waals surface area (Å²) in [6.45, 7) is 4.09. The molecule has 1 heterocycles. The molecule has 7 heteroatoms. The SMILES string of the molecule is COc1ccc(C(=O)NC(=S)Nc2ccc3oc(-c4cc(C)cc(C)c4)nc3c2)cc1. The van der Waals surface area contributed by atoms with E-state index < -0.39 is 0 Å². The van der Waals surface area contributed by atoms with Gasteiger partial charge in [0.15, 0.2) is 10.7 Å². The van der Waals surface area contributed by atoms with Gasteiger partial charge in [0.2, 0.25) is 5.89 Å². The lowest BCUT2D eigenvalue weighted by atomic mass is 10.1. The molecule has 31 heavy (non-hydrogen) atoms. The van der Waals surface area contributed by atoms with E-state index in [4.69, 9.17) is 21.4 Å². The summed E-state index contributed by atoms with van der Waals surface area (Å²) in [4.78, 5) is 17.0. The molecule has 0 atom stereocenters. The first-order chi connectivity index (χ1) is 14.9. The van der Waals surface area contributed by atoms with Gasteiger partial charge in [0, 0.05) is 16.8 Å². The highest BCUT2D eigenvalue weighted by Crippen LogP contribution is 2.27. The number of ether oxygens (including phenoxy) is 1. The van der Waals surface area contributed by atoms with Crippen LogP contribution >= 0.6 is 12.2 Å². The maximum Gasteiger partial charge on any atom is 0.257 e. The summed E-state index contributed by atoms with van der Waals surface area (Å²) in [7, 11) is 1.57. The van der Waals surface area contributed by atoms with Gasteiger partial charge in [-0.3, -0.25) is 10.1 Å². The van der Waals surface area contributed by atoms with Crippen molar-refractivity contribution >= 4 is 40.0 Å². The van der Waals surface area contributed by atoms with Crippen LogP contribution in [-0.2, 0) is 0 Å². The Morgan fingerprint density at radius 3 is 2.39 bits per heavy atom. The number of thiocarbonyl (C=S) groups is 1. The third-order valence-electron chi connectivity index (χ3n) is 4.69. The summed E-state index contributed by atoms with van der Waals surface area (Å²) in [5, 5.41) is 5.88. The maximum absolute atomic E-state index is 12.4. The fourth-order valence-electron chi connectivity index (χ4n) is 3.31. The molecule has 1 aromatic heterocycles. The number of rotatable bonds is 4. The summed E-state index contributed by atoms with van der Waals surface area (Å²) < 4.78 is 11.0. The Balaban J connectivity index is 1.48. The number of aryl methyl sites for hydroxylation is 2. The van der Waals surface area contributed by atoms with E-state index in [0.717, 1.165) is 16.7 Å². The third kappa shape index (κ3) is 4.73. The highest BCUT2D eigenvalue weighted by atomic mass is 32.1. The van der Waals surface area contributed by atoms with E-state index in [1.165, 1.54) is 0 Å². The molecule has 0 radical (unpaired) electrons. The number of methoxy groups -OCH3 is 1. The lowest BCUT2D eigenvalue weighted by Crippen LogP contribution is -2.34. The van der Waals surface area contributed by atoms with Crippen LogP contribution in [0.4, 0.5) is 5.69 Å². The van der Waals surface area contributed by atoms with Crippen molar-refractivity contribution in [1.29, 1.82) is 0 Å². The number of carbonyl (C=O) groups excluding carboxylic acids is 1. The molecule has 156 valence electrons. The number of amides is 1. The van der Waals surface area contributed by atoms with Crippen molar-refractivity contribution in [2.24, 2.45) is 0 Å². The summed E-state index contributed by atoms with van der Waals surface area (Å²) >= 11 is 5.28. The Labute approximate surface area is 185 Å². The Morgan fingerprint density at radius 2 is 1.71 bits per heavy atom. The number of nitrogens with one attached hydrogen (secondary N) is 2. The fourth-order valence-corrected chi connectivity index (χ4v) is 3.52. The van der Waals surface area contributed by atoms with Crippen LogP contribution in [0, 0.1) is 13.8 Å². The van der Waals surface area contributed by atoms with Crippen LogP contribution in [0.25, 0.3) is 22.6 Å². The van der Waals surface area contributed by atoms with E-state index >= 15 is 0 Å². The van der Waals surface area contributed by atoms with Crippen LogP contribution in [0.2, 0.25) is 0 Å². The number of nitrogens with zero attached hydrogens (tertiary/aromatic N) is 1. The van der Waals surface area contributed by atoms with E-state index in [2.05, 4.69) is 21.7 Å². The van der Waals surface area contributed by atoms with Gasteiger partial charge in [-0.05, 0) is 80.7 Å². The monoisotopic (exact) mass is 431 g/mol. The smallest absolute Gasteiger partial charge is 0.257 e. The van der Waals surface area contributed by atoms with Gasteiger partial charge in [-0.25, -0.2) is 4.98 Å². The summed E-state index contributed by atoms with van der Waals surface area (Å²) in [5.74, 6) is 0.937. The minimum absolute atomic E-state index is 0.193. The fraction of sp³-hybridized carbons (Fsp3) is 0.125. The van der Waals surface area contributed by atoms with Crippen molar-refractivity contribution < 1.29 is 13.9 Å². The number of oxazole rings is 1. The highest BCUT2D eigenvalue weighted by Gasteiger charge is 2.12. The average Bonchev–Trinajstić information content (AvgIpc) is 3.16. The van der Waals surface area contributed by atoms with E-state index in [1.807, 2.05) is 44.2 Å². The van der Waals surface area contributed by atoms with Crippen molar-refractivity contribution in [3.63, 3.8) is 0 Å². The molecule has 0 saturated carbocycles. The molecule has 0 saturated heterocycles. The van der Waals surface area contributed by atoms with Crippen LogP contribution in [0.1, 0.15) is 21.5 Å². The zero-order chi connectivity index (χ0) is 22.0. The number of hydrogen-bond acceptors (Lipinski definition) is 5. The Kier molecular flexibility index (Phi) is 5.68. The molecule has 2 N–H and O–H groups in total. The Morgan fingerprint density at radius 1 is 1.00 bits per heavy atom. The third-order valence-corrected chi connectivity index (χ3v) is 4.90. The zero-order valence-electron chi connectivity index (χ0n) is 17.4. The summed E-state index contributed by atoms with van der Waals surface area (Å²) in [5.41, 5.74) is 5.79. The van der Waals surface area contributed by atoms with Gasteiger partial charge < -0.3 is 14.5 Å². The molecule has 0 aliphatic rings. The largest absolute Gasteiger partial charge is 0.497 e. The van der Waals surface area contributed by atoms with Gasteiger partial charge in [-0.1, -0.05) is 17.2 Å². The molecule has 3 aromatic carbocycles. The topological polar surface area (TPSA) is 76.4 Å². The molecule has 4 aromatic rings. The summed E-state index contributed by atoms with van der Waals surface area (Å²) in [6, 6.07) is 18.5. The van der Waals surface area contributed by atoms with Crippen molar-refractivity contribution in [2.45, 2.75) is 13.8 Å². The van der Waals surface area contributed by atoms with Crippen molar-refractivity contribution in [3.05, 3.63) is 77.4 Å². The predicted octanol–water partition coefficient (Wildman–Crippen LogP) is 5.25. The van der Waals surface area contributed by atoms with E-state index in [0.29, 0.717) is 34.0 Å². The standard InChI is InChI=1S/C24H21N3O3S/c1-14-10-15(2)12-17(11-14)23-26-20-13-18(6-9-21(20)30-23)25-24(31)27-22(28)16-4-7-19(29-3)8-5-16/h4-13H,1-3H3,(H2,25,27,28,31). The number of fused-ring (bicyclic) bond motifs is 1. The minimum atomic E-state index is -0.306. The minimum Gasteiger partial charge on any atom is -0.497 e. The van der Waals surface area contributed by atoms with Crippen LogP contribution in [0.5, 0.6) is 5.75 Å². The lowest BCUT2D eigenvalue weighted by molar-refractivity contribution is 0.0977. The molecule has 0 spiro atoms. The van der Waals surface area contributed by atoms with Crippen LogP contribution < -0.4 is 15.4 Å². The molecule has 0 unspecified atom stereocenters. The Hall–Kier alpha value is -3.71. The number of hydrogen-bond donors (Lipinski definition) is 2. The lowest BCUT2D eigenvalue weighted by Gasteiger charge is -2.09. The predicted molar refractivity (Wildman–Crippen MR) is 126 cm³/mol. The first kappa shape index (κ1) is 20.6. The van der Waals surface area contributed by atoms with Crippen molar-refractivity contribution in [3.8, 4) is 17.2 Å². The van der Waals surface area contributed by atoms with Crippen LogP contribution in [0.3, 0.4) is 0 Å². The van der Waals surface area contributed by atoms with Gasteiger partial charge in [0.25, 0.3) is 5.91 Å². The second kappa shape index (κ2) is 8.57. The van der Waals surface area contributed by atoms with Gasteiger partial charge in [0.05, 0.1) is 7.11 Å². The quantitative estimate of drug-likeness (QED) is 0.430. The van der Waals surface area contributed by atoms with Crippen LogP contribution in [0.15, 0.2) is 65.1 Å². The second-order valence-electron chi connectivity index (χ2n) is 7.21. The van der Waals surface area contributed by atoms with Crippen molar-refractivity contribution in [2.75, 3.05) is 12.4 Å². The normalized spacial score (nSPS) is 10.7. The number of anilines is 1. The molecule has 0 bridgehead atoms. The summed E-state index contributed by atoms with van der Waals surface area (Å²) in [6.07, 6.45) is 0. The Bertz CT molecular complexity index is 1260. The molecule has 4 rings (SSSR count). The molecular formula is C24H21N3O3S. The van der Waals surface area contributed by atoms with Gasteiger partial charge in [0.1, 0.15) is 11.3 Å². The molecule has 6 nitrogen and oxygen atoms in total. The van der Waals surface area contributed by atoms with Crippen molar-refractivity contribution in [1.82, 2.24) is 10.3 Å². The number of benzene rings is 3. The zero-order valence-corrected chi connectivity index (χ0v) is 18.2. The number of carbonyl (C=O) groups is 1. The van der Waals surface area contributed by atoms with Gasteiger partial charge in [-0.2, -0.15) is 0 Å². The van der Waals surface area contributed by atoms with Crippen LogP contribution in [-0.4, -0.2) is 23.1 Å². The van der Waals surface area contributed by atoms with Gasteiger partial charge >= 0.3 is 0 Å². The first-order valence-corrected chi connectivity index (χ1v) is 10.1. The number of aromatic nitrogens is 1. The van der Waals surface area contributed by atoms with E-state index in [-0.39, 0.29) is 11.0 Å². The highest BCUT2D eigenvalue weighted by molar-refractivity contribution is 7.80. The molecule has 0 aliphatic heterocycles. The first-order valence-electron chi connectivity index (χ1n) is 9.67. The molecule has 0 fully saturated rings. The van der Waals surface area contributed by atoms with E-state index in [1.54, 1.807) is 31.4 Å². The second-order valence-corrected chi connectivity index (χ2v) is 7.62. The maximum atomic E-state index is 12.4. The van der Waals surface area contributed by atoms with E-state index in [9.17, 15) is 4.79 Å².